The lowest BCUT2D eigenvalue weighted by molar-refractivity contribution is 0.555. The second-order valence-corrected chi connectivity index (χ2v) is 6.38. The molecular formula is C16H25N5S. The highest BCUT2D eigenvalue weighted by atomic mass is 32.1. The quantitative estimate of drug-likeness (QED) is 0.489. The van der Waals surface area contributed by atoms with Crippen molar-refractivity contribution in [1.82, 2.24) is 20.4 Å². The predicted molar refractivity (Wildman–Crippen MR) is 93.6 cm³/mol. The molecule has 0 atom stereocenters. The molecule has 22 heavy (non-hydrogen) atoms. The third kappa shape index (κ3) is 4.59. The number of thiophene rings is 1. The number of nitrogens with one attached hydrogen (secondary N) is 2. The number of aromatic nitrogens is 2. The molecule has 0 spiro atoms. The summed E-state index contributed by atoms with van der Waals surface area (Å²) in [5.74, 6) is 0.848. The Morgan fingerprint density at radius 1 is 1.32 bits per heavy atom. The van der Waals surface area contributed by atoms with E-state index in [-0.39, 0.29) is 0 Å². The summed E-state index contributed by atoms with van der Waals surface area (Å²) in [6.07, 6.45) is 1.01. The summed E-state index contributed by atoms with van der Waals surface area (Å²) in [6, 6.07) is 4.25. The normalized spacial score (nSPS) is 11.7. The van der Waals surface area contributed by atoms with E-state index in [0.717, 1.165) is 37.7 Å². The van der Waals surface area contributed by atoms with Crippen molar-refractivity contribution in [3.8, 4) is 0 Å². The Morgan fingerprint density at radius 3 is 2.73 bits per heavy atom. The molecule has 0 saturated heterocycles. The first-order chi connectivity index (χ1) is 10.6. The summed E-state index contributed by atoms with van der Waals surface area (Å²) in [4.78, 5) is 5.61. The monoisotopic (exact) mass is 319 g/mol. The zero-order valence-corrected chi connectivity index (χ0v) is 14.6. The topological polar surface area (TPSA) is 54.2 Å². The van der Waals surface area contributed by atoms with Gasteiger partial charge in [-0.1, -0.05) is 0 Å². The molecule has 0 unspecified atom stereocenters. The summed E-state index contributed by atoms with van der Waals surface area (Å²) in [6.45, 7) is 8.88. The van der Waals surface area contributed by atoms with Gasteiger partial charge in [0.25, 0.3) is 0 Å². The maximum atomic E-state index is 4.47. The largest absolute Gasteiger partial charge is 0.356 e. The average molecular weight is 319 g/mol. The fourth-order valence-corrected chi connectivity index (χ4v) is 3.15. The molecule has 0 aliphatic carbocycles. The Morgan fingerprint density at radius 2 is 2.14 bits per heavy atom. The van der Waals surface area contributed by atoms with E-state index in [2.05, 4.69) is 56.8 Å². The first-order valence-corrected chi connectivity index (χ1v) is 8.46. The molecule has 0 aromatic carbocycles. The molecule has 6 heteroatoms. The van der Waals surface area contributed by atoms with Crippen LogP contribution in [0.5, 0.6) is 0 Å². The van der Waals surface area contributed by atoms with Gasteiger partial charge in [0.15, 0.2) is 5.96 Å². The molecule has 0 bridgehead atoms. The average Bonchev–Trinajstić information content (AvgIpc) is 3.03. The van der Waals surface area contributed by atoms with E-state index in [1.54, 1.807) is 18.4 Å². The number of aryl methyl sites for hydroxylation is 4. The number of rotatable bonds is 6. The summed E-state index contributed by atoms with van der Waals surface area (Å²) >= 11 is 1.77. The van der Waals surface area contributed by atoms with E-state index >= 15 is 0 Å². The van der Waals surface area contributed by atoms with Gasteiger partial charge in [0.2, 0.25) is 0 Å². The van der Waals surface area contributed by atoms with E-state index in [1.807, 2.05) is 6.92 Å². The van der Waals surface area contributed by atoms with Gasteiger partial charge in [-0.15, -0.1) is 11.3 Å². The summed E-state index contributed by atoms with van der Waals surface area (Å²) < 4.78 is 2.06. The van der Waals surface area contributed by atoms with Crippen molar-refractivity contribution in [3.63, 3.8) is 0 Å². The molecule has 0 aliphatic rings. The maximum Gasteiger partial charge on any atom is 0.191 e. The lowest BCUT2D eigenvalue weighted by atomic mass is 10.3. The molecule has 2 aromatic heterocycles. The third-order valence-corrected chi connectivity index (χ3v) is 4.57. The second-order valence-electron chi connectivity index (χ2n) is 5.38. The fourth-order valence-electron chi connectivity index (χ4n) is 2.31. The van der Waals surface area contributed by atoms with Gasteiger partial charge >= 0.3 is 0 Å². The van der Waals surface area contributed by atoms with Gasteiger partial charge in [-0.05, 0) is 50.3 Å². The van der Waals surface area contributed by atoms with Crippen molar-refractivity contribution < 1.29 is 0 Å². The first-order valence-electron chi connectivity index (χ1n) is 7.58. The van der Waals surface area contributed by atoms with Crippen LogP contribution in [0.3, 0.4) is 0 Å². The molecule has 2 rings (SSSR count). The Labute approximate surface area is 136 Å². The van der Waals surface area contributed by atoms with Crippen LogP contribution in [0.4, 0.5) is 0 Å². The van der Waals surface area contributed by atoms with E-state index in [1.165, 1.54) is 16.1 Å². The van der Waals surface area contributed by atoms with Crippen molar-refractivity contribution in [2.45, 2.75) is 40.3 Å². The van der Waals surface area contributed by atoms with Crippen molar-refractivity contribution >= 4 is 17.3 Å². The van der Waals surface area contributed by atoms with Crippen molar-refractivity contribution in [2.24, 2.45) is 4.99 Å². The van der Waals surface area contributed by atoms with Gasteiger partial charge < -0.3 is 10.6 Å². The molecule has 5 nitrogen and oxygen atoms in total. The van der Waals surface area contributed by atoms with E-state index in [0.29, 0.717) is 0 Å². The molecule has 2 aromatic rings. The van der Waals surface area contributed by atoms with Crippen LogP contribution in [-0.4, -0.2) is 29.3 Å². The van der Waals surface area contributed by atoms with E-state index in [4.69, 9.17) is 0 Å². The molecule has 0 fully saturated rings. The third-order valence-electron chi connectivity index (χ3n) is 3.55. The van der Waals surface area contributed by atoms with Gasteiger partial charge in [-0.25, -0.2) is 0 Å². The van der Waals surface area contributed by atoms with Crippen molar-refractivity contribution in [2.75, 3.05) is 13.6 Å². The molecule has 120 valence electrons. The number of hydrogen-bond acceptors (Lipinski definition) is 3. The molecule has 2 heterocycles. The number of guanidine groups is 1. The van der Waals surface area contributed by atoms with Gasteiger partial charge in [-0.2, -0.15) is 5.10 Å². The highest BCUT2D eigenvalue weighted by molar-refractivity contribution is 7.10. The van der Waals surface area contributed by atoms with Crippen LogP contribution in [0.15, 0.2) is 22.5 Å². The van der Waals surface area contributed by atoms with Gasteiger partial charge in [0, 0.05) is 30.7 Å². The molecule has 0 aliphatic heterocycles. The summed E-state index contributed by atoms with van der Waals surface area (Å²) in [5.41, 5.74) is 3.62. The Kier molecular flexibility index (Phi) is 6.00. The van der Waals surface area contributed by atoms with Crippen molar-refractivity contribution in [3.05, 3.63) is 39.3 Å². The zero-order valence-electron chi connectivity index (χ0n) is 13.8. The molecule has 0 saturated carbocycles. The number of nitrogens with zero attached hydrogens (tertiary/aromatic N) is 3. The fraction of sp³-hybridized carbons (Fsp3) is 0.500. The maximum absolute atomic E-state index is 4.47. The lowest BCUT2D eigenvalue weighted by Gasteiger charge is -2.12. The highest BCUT2D eigenvalue weighted by Crippen LogP contribution is 2.14. The second kappa shape index (κ2) is 7.98. The van der Waals surface area contributed by atoms with Crippen LogP contribution < -0.4 is 10.6 Å². The van der Waals surface area contributed by atoms with E-state index in [9.17, 15) is 0 Å². The lowest BCUT2D eigenvalue weighted by Crippen LogP contribution is -2.37. The molecule has 0 amide bonds. The Balaban J connectivity index is 1.70. The number of aliphatic imine (C=N–C) groups is 1. The van der Waals surface area contributed by atoms with Crippen LogP contribution in [-0.2, 0) is 13.1 Å². The van der Waals surface area contributed by atoms with Crippen LogP contribution in [0, 0.1) is 20.8 Å². The highest BCUT2D eigenvalue weighted by Gasteiger charge is 2.03. The molecule has 0 radical (unpaired) electrons. The summed E-state index contributed by atoms with van der Waals surface area (Å²) in [7, 11) is 1.80. The SMILES string of the molecule is CN=C(NCCCn1nc(C)cc1C)NCc1sccc1C. The summed E-state index contributed by atoms with van der Waals surface area (Å²) in [5, 5.41) is 13.3. The van der Waals surface area contributed by atoms with Crippen LogP contribution in [0.1, 0.15) is 28.2 Å². The molecule has 2 N–H and O–H groups in total. The van der Waals surface area contributed by atoms with Crippen LogP contribution >= 0.6 is 11.3 Å². The Bertz CT molecular complexity index is 626. The van der Waals surface area contributed by atoms with Gasteiger partial charge in [0.05, 0.1) is 12.2 Å². The zero-order chi connectivity index (χ0) is 15.9. The molecular weight excluding hydrogens is 294 g/mol. The van der Waals surface area contributed by atoms with E-state index < -0.39 is 0 Å². The predicted octanol–water partition coefficient (Wildman–Crippen LogP) is 2.63. The minimum absolute atomic E-state index is 0.820. The first kappa shape index (κ1) is 16.5. The Hall–Kier alpha value is -1.82. The van der Waals surface area contributed by atoms with Crippen LogP contribution in [0.2, 0.25) is 0 Å². The number of hydrogen-bond donors (Lipinski definition) is 2. The van der Waals surface area contributed by atoms with Gasteiger partial charge in [0.1, 0.15) is 0 Å². The van der Waals surface area contributed by atoms with Gasteiger partial charge in [-0.3, -0.25) is 9.67 Å². The minimum Gasteiger partial charge on any atom is -0.356 e. The standard InChI is InChI=1S/C16H25N5S/c1-12-6-9-22-15(12)11-19-16(17-4)18-7-5-8-21-14(3)10-13(2)20-21/h6,9-10H,5,7-8,11H2,1-4H3,(H2,17,18,19). The van der Waals surface area contributed by atoms with Crippen LogP contribution in [0.25, 0.3) is 0 Å². The minimum atomic E-state index is 0.820. The van der Waals surface area contributed by atoms with Crippen molar-refractivity contribution in [1.29, 1.82) is 0 Å². The smallest absolute Gasteiger partial charge is 0.191 e.